The van der Waals surface area contributed by atoms with Gasteiger partial charge in [-0.25, -0.2) is 0 Å². The summed E-state index contributed by atoms with van der Waals surface area (Å²) >= 11 is 0. The van der Waals surface area contributed by atoms with Gasteiger partial charge in [0, 0.05) is 12.7 Å². The predicted molar refractivity (Wildman–Crippen MR) is 98.4 cm³/mol. The zero-order valence-electron chi connectivity index (χ0n) is 14.3. The van der Waals surface area contributed by atoms with Gasteiger partial charge in [-0.1, -0.05) is 60.7 Å². The number of hydrogen-bond acceptors (Lipinski definition) is 4. The summed E-state index contributed by atoms with van der Waals surface area (Å²) in [4.78, 5) is 22.2. The summed E-state index contributed by atoms with van der Waals surface area (Å²) in [6.07, 6.45) is -0.189. The zero-order valence-corrected chi connectivity index (χ0v) is 15.2. The summed E-state index contributed by atoms with van der Waals surface area (Å²) < 4.78 is 17.8. The first-order valence-corrected chi connectivity index (χ1v) is 10.2. The third kappa shape index (κ3) is 6.13. The lowest BCUT2D eigenvalue weighted by Crippen LogP contribution is -2.23. The second-order valence-electron chi connectivity index (χ2n) is 5.71. The maximum atomic E-state index is 12.9. The number of nitrogens with one attached hydrogen (secondary N) is 1. The van der Waals surface area contributed by atoms with Gasteiger partial charge >= 0.3 is 5.97 Å². The van der Waals surface area contributed by atoms with Gasteiger partial charge in [-0.15, -0.1) is 0 Å². The van der Waals surface area contributed by atoms with Gasteiger partial charge in [-0.2, -0.15) is 0 Å². The highest BCUT2D eigenvalue weighted by atomic mass is 31.2. The van der Waals surface area contributed by atoms with Crippen LogP contribution in [0.25, 0.3) is 0 Å². The first-order chi connectivity index (χ1) is 12.0. The van der Waals surface area contributed by atoms with Crippen molar-refractivity contribution in [2.75, 3.05) is 12.8 Å². The molecule has 2 N–H and O–H groups in total. The van der Waals surface area contributed by atoms with Gasteiger partial charge in [0.2, 0.25) is 7.37 Å². The second kappa shape index (κ2) is 9.52. The van der Waals surface area contributed by atoms with Crippen molar-refractivity contribution in [3.05, 3.63) is 71.8 Å². The van der Waals surface area contributed by atoms with E-state index in [1.807, 2.05) is 60.7 Å². The van der Waals surface area contributed by atoms with Crippen LogP contribution in [0.1, 0.15) is 30.3 Å². The molecular weight excluding hydrogens is 337 g/mol. The third-order valence-corrected chi connectivity index (χ3v) is 5.95. The molecule has 0 aliphatic heterocycles. The van der Waals surface area contributed by atoms with Crippen molar-refractivity contribution in [3.8, 4) is 0 Å². The Bertz CT molecular complexity index is 706. The Labute approximate surface area is 148 Å². The smallest absolute Gasteiger partial charge is 0.306 e. The number of ether oxygens (including phenoxy) is 1. The van der Waals surface area contributed by atoms with E-state index in [0.717, 1.165) is 11.1 Å². The minimum Gasteiger partial charge on any atom is -0.466 e. The Hall–Kier alpha value is -1.94. The lowest BCUT2D eigenvalue weighted by Gasteiger charge is -2.25. The van der Waals surface area contributed by atoms with E-state index < -0.39 is 19.1 Å². The van der Waals surface area contributed by atoms with Crippen molar-refractivity contribution in [1.29, 1.82) is 0 Å². The van der Waals surface area contributed by atoms with Crippen molar-refractivity contribution in [2.45, 2.75) is 25.7 Å². The lowest BCUT2D eigenvalue weighted by molar-refractivity contribution is -0.142. The van der Waals surface area contributed by atoms with Gasteiger partial charge in [0.25, 0.3) is 0 Å². The molecule has 2 rings (SSSR count). The van der Waals surface area contributed by atoms with Crippen LogP contribution in [0.2, 0.25) is 0 Å². The van der Waals surface area contributed by atoms with Crippen molar-refractivity contribution >= 4 is 13.3 Å². The number of carbonyl (C=O) groups is 1. The van der Waals surface area contributed by atoms with Crippen LogP contribution in [0.4, 0.5) is 0 Å². The van der Waals surface area contributed by atoms with Gasteiger partial charge in [0.05, 0.1) is 13.0 Å². The fourth-order valence-electron chi connectivity index (χ4n) is 2.55. The maximum Gasteiger partial charge on any atom is 0.306 e. The minimum absolute atomic E-state index is 0.0715. The number of hydrogen-bond donors (Lipinski definition) is 2. The van der Waals surface area contributed by atoms with Gasteiger partial charge in [-0.3, -0.25) is 14.7 Å². The average molecular weight is 361 g/mol. The first-order valence-electron chi connectivity index (χ1n) is 8.32. The SMILES string of the molecule is CCOC(=O)CCP(=O)(O)[C@H](NCc1ccccc1)c1ccccc1. The summed E-state index contributed by atoms with van der Waals surface area (Å²) in [6.45, 7) is 2.44. The molecule has 6 heteroatoms. The normalized spacial score (nSPS) is 14.5. The lowest BCUT2D eigenvalue weighted by atomic mass is 10.2. The van der Waals surface area contributed by atoms with Crippen LogP contribution in [-0.4, -0.2) is 23.6 Å². The molecule has 0 amide bonds. The van der Waals surface area contributed by atoms with Gasteiger partial charge in [0.1, 0.15) is 5.78 Å². The highest BCUT2D eigenvalue weighted by molar-refractivity contribution is 7.58. The number of benzene rings is 2. The highest BCUT2D eigenvalue weighted by Crippen LogP contribution is 2.54. The molecule has 0 heterocycles. The molecule has 0 aliphatic carbocycles. The molecule has 2 aromatic carbocycles. The third-order valence-electron chi connectivity index (χ3n) is 3.80. The number of carbonyl (C=O) groups excluding carboxylic acids is 1. The largest absolute Gasteiger partial charge is 0.466 e. The molecular formula is C19H24NO4P. The highest BCUT2D eigenvalue weighted by Gasteiger charge is 2.32. The van der Waals surface area contributed by atoms with E-state index in [1.165, 1.54) is 0 Å². The van der Waals surface area contributed by atoms with Gasteiger partial charge in [-0.05, 0) is 18.1 Å². The van der Waals surface area contributed by atoms with Crippen LogP contribution in [0.3, 0.4) is 0 Å². The first kappa shape index (κ1) is 19.4. The molecule has 0 bridgehead atoms. The van der Waals surface area contributed by atoms with E-state index in [4.69, 9.17) is 4.74 Å². The van der Waals surface area contributed by atoms with Crippen LogP contribution >= 0.6 is 7.37 Å². The molecule has 0 fully saturated rings. The Morgan fingerprint density at radius 3 is 2.32 bits per heavy atom. The Kier molecular flexibility index (Phi) is 7.38. The number of esters is 1. The molecule has 1 unspecified atom stereocenters. The quantitative estimate of drug-likeness (QED) is 0.526. The number of rotatable bonds is 9. The van der Waals surface area contributed by atoms with Crippen LogP contribution in [-0.2, 0) is 20.6 Å². The molecule has 5 nitrogen and oxygen atoms in total. The van der Waals surface area contributed by atoms with E-state index in [9.17, 15) is 14.3 Å². The summed E-state index contributed by atoms with van der Waals surface area (Å²) in [6, 6.07) is 18.8. The predicted octanol–water partition coefficient (Wildman–Crippen LogP) is 3.70. The van der Waals surface area contributed by atoms with Crippen LogP contribution in [0, 0.1) is 0 Å². The molecule has 0 spiro atoms. The summed E-state index contributed by atoms with van der Waals surface area (Å²) in [7, 11) is -3.65. The Balaban J connectivity index is 2.13. The fourth-order valence-corrected chi connectivity index (χ4v) is 4.33. The Morgan fingerprint density at radius 1 is 1.12 bits per heavy atom. The molecule has 2 atom stereocenters. The maximum absolute atomic E-state index is 12.9. The molecule has 134 valence electrons. The summed E-state index contributed by atoms with van der Waals surface area (Å²) in [5, 5.41) is 3.18. The topological polar surface area (TPSA) is 75.6 Å². The molecule has 0 radical (unpaired) electrons. The van der Waals surface area contributed by atoms with E-state index >= 15 is 0 Å². The van der Waals surface area contributed by atoms with Gasteiger partial charge in [0.15, 0.2) is 0 Å². The monoisotopic (exact) mass is 361 g/mol. The summed E-state index contributed by atoms with van der Waals surface area (Å²) in [5.41, 5.74) is 1.75. The molecule has 0 saturated heterocycles. The molecule has 0 aliphatic rings. The van der Waals surface area contributed by atoms with E-state index in [0.29, 0.717) is 6.54 Å². The van der Waals surface area contributed by atoms with Crippen molar-refractivity contribution in [2.24, 2.45) is 0 Å². The molecule has 0 aromatic heterocycles. The van der Waals surface area contributed by atoms with Crippen molar-refractivity contribution < 1.29 is 19.0 Å². The fraction of sp³-hybridized carbons (Fsp3) is 0.316. The molecule has 0 saturated carbocycles. The van der Waals surface area contributed by atoms with Gasteiger partial charge < -0.3 is 9.63 Å². The minimum atomic E-state index is -3.65. The van der Waals surface area contributed by atoms with E-state index in [2.05, 4.69) is 5.32 Å². The zero-order chi connectivity index (χ0) is 18.1. The van der Waals surface area contributed by atoms with Crippen molar-refractivity contribution in [1.82, 2.24) is 5.32 Å². The Morgan fingerprint density at radius 2 is 1.72 bits per heavy atom. The average Bonchev–Trinajstić information content (AvgIpc) is 2.62. The molecule has 2 aromatic rings. The van der Waals surface area contributed by atoms with Crippen molar-refractivity contribution in [3.63, 3.8) is 0 Å². The second-order valence-corrected chi connectivity index (χ2v) is 8.19. The van der Waals surface area contributed by atoms with E-state index in [1.54, 1.807) is 6.92 Å². The summed E-state index contributed by atoms with van der Waals surface area (Å²) in [5.74, 6) is -1.19. The van der Waals surface area contributed by atoms with E-state index in [-0.39, 0.29) is 19.2 Å². The molecule has 25 heavy (non-hydrogen) atoms. The van der Waals surface area contributed by atoms with Crippen LogP contribution in [0.5, 0.6) is 0 Å². The van der Waals surface area contributed by atoms with Crippen LogP contribution in [0.15, 0.2) is 60.7 Å². The standard InChI is InChI=1S/C19H24NO4P/c1-2-24-18(21)13-14-25(22,23)19(17-11-7-4-8-12-17)20-15-16-9-5-3-6-10-16/h3-12,19-20H,2,13-15H2,1H3,(H,22,23)/t19-/m0/s1. The van der Waals surface area contributed by atoms with Crippen LogP contribution < -0.4 is 5.32 Å².